The van der Waals surface area contributed by atoms with E-state index in [0.717, 1.165) is 19.5 Å². The minimum absolute atomic E-state index is 0.337. The number of rotatable bonds is 0. The van der Waals surface area contributed by atoms with Gasteiger partial charge < -0.3 is 10.4 Å². The molecule has 1 saturated heterocycles. The summed E-state index contributed by atoms with van der Waals surface area (Å²) in [4.78, 5) is 0. The lowest BCUT2D eigenvalue weighted by Gasteiger charge is -2.43. The van der Waals surface area contributed by atoms with Gasteiger partial charge in [-0.05, 0) is 31.7 Å². The van der Waals surface area contributed by atoms with Gasteiger partial charge in [0.15, 0.2) is 0 Å². The number of piperidine rings is 1. The van der Waals surface area contributed by atoms with E-state index in [4.69, 9.17) is 0 Å². The summed E-state index contributed by atoms with van der Waals surface area (Å²) in [7, 11) is 0. The maximum Gasteiger partial charge on any atom is 0.0800 e. The normalized spacial score (nSPS) is 45.0. The van der Waals surface area contributed by atoms with Gasteiger partial charge in [-0.25, -0.2) is 0 Å². The van der Waals surface area contributed by atoms with Crippen molar-refractivity contribution in [1.29, 1.82) is 0 Å². The predicted octanol–water partition coefficient (Wildman–Crippen LogP) is 0.901. The van der Waals surface area contributed by atoms with Crippen LogP contribution in [0.4, 0.5) is 0 Å². The van der Waals surface area contributed by atoms with Crippen LogP contribution >= 0.6 is 0 Å². The summed E-state index contributed by atoms with van der Waals surface area (Å²) in [5.74, 6) is 0.595. The molecular weight excluding hydrogens is 138 g/mol. The summed E-state index contributed by atoms with van der Waals surface area (Å²) in [6, 6.07) is 0. The maximum absolute atomic E-state index is 10.1. The third-order valence-electron chi connectivity index (χ3n) is 3.27. The van der Waals surface area contributed by atoms with Crippen molar-refractivity contribution < 1.29 is 5.11 Å². The lowest BCUT2D eigenvalue weighted by Crippen LogP contribution is -2.53. The highest BCUT2D eigenvalue weighted by Gasteiger charge is 2.40. The molecule has 0 aromatic heterocycles. The summed E-state index contributed by atoms with van der Waals surface area (Å²) in [5.41, 5.74) is -0.337. The van der Waals surface area contributed by atoms with Gasteiger partial charge in [-0.1, -0.05) is 12.8 Å². The van der Waals surface area contributed by atoms with Crippen molar-refractivity contribution in [3.63, 3.8) is 0 Å². The fourth-order valence-corrected chi connectivity index (χ4v) is 2.52. The molecule has 2 heteroatoms. The van der Waals surface area contributed by atoms with Crippen molar-refractivity contribution in [2.45, 2.75) is 37.7 Å². The lowest BCUT2D eigenvalue weighted by molar-refractivity contribution is -0.0632. The van der Waals surface area contributed by atoms with Gasteiger partial charge in [-0.15, -0.1) is 0 Å². The molecule has 1 heterocycles. The minimum Gasteiger partial charge on any atom is -0.388 e. The van der Waals surface area contributed by atoms with E-state index >= 15 is 0 Å². The van der Waals surface area contributed by atoms with E-state index in [1.54, 1.807) is 0 Å². The molecular formula is C9H17NO. The van der Waals surface area contributed by atoms with Gasteiger partial charge in [-0.2, -0.15) is 0 Å². The van der Waals surface area contributed by atoms with E-state index in [0.29, 0.717) is 5.92 Å². The van der Waals surface area contributed by atoms with Crippen molar-refractivity contribution in [3.05, 3.63) is 0 Å². The molecule has 0 amide bonds. The van der Waals surface area contributed by atoms with E-state index in [-0.39, 0.29) is 5.60 Å². The van der Waals surface area contributed by atoms with Crippen molar-refractivity contribution in [3.8, 4) is 0 Å². The van der Waals surface area contributed by atoms with Gasteiger partial charge in [0.1, 0.15) is 0 Å². The Balaban J connectivity index is 2.06. The van der Waals surface area contributed by atoms with Gasteiger partial charge >= 0.3 is 0 Å². The molecule has 0 bridgehead atoms. The Morgan fingerprint density at radius 2 is 2.18 bits per heavy atom. The quantitative estimate of drug-likeness (QED) is 0.545. The molecule has 1 aliphatic carbocycles. The highest BCUT2D eigenvalue weighted by atomic mass is 16.3. The fraction of sp³-hybridized carbons (Fsp3) is 1.00. The van der Waals surface area contributed by atoms with Crippen LogP contribution in [0, 0.1) is 5.92 Å². The summed E-state index contributed by atoms with van der Waals surface area (Å²) in [6.07, 6.45) is 5.99. The zero-order valence-electron chi connectivity index (χ0n) is 6.97. The number of fused-ring (bicyclic) bond motifs is 1. The van der Waals surface area contributed by atoms with Gasteiger partial charge in [-0.3, -0.25) is 0 Å². The largest absolute Gasteiger partial charge is 0.388 e. The molecule has 2 N–H and O–H groups in total. The zero-order chi connectivity index (χ0) is 7.73. The van der Waals surface area contributed by atoms with Crippen LogP contribution in [0.25, 0.3) is 0 Å². The molecule has 0 radical (unpaired) electrons. The molecule has 2 rings (SSSR count). The molecule has 2 atom stereocenters. The standard InChI is InChI=1S/C9H17NO/c11-9-5-2-1-3-8(9)4-6-10-7-9/h8,10-11H,1-7H2/t8-,9+/m1/s1. The molecule has 0 aromatic rings. The van der Waals surface area contributed by atoms with Crippen LogP contribution < -0.4 is 5.32 Å². The third-order valence-corrected chi connectivity index (χ3v) is 3.27. The van der Waals surface area contributed by atoms with Gasteiger partial charge in [0, 0.05) is 6.54 Å². The average Bonchev–Trinajstić information content (AvgIpc) is 2.03. The first-order valence-corrected chi connectivity index (χ1v) is 4.74. The number of aliphatic hydroxyl groups is 1. The second-order valence-corrected chi connectivity index (χ2v) is 4.01. The number of β-amino-alcohol motifs (C(OH)–C–C–N with tert-alkyl or cyclic N) is 1. The average molecular weight is 155 g/mol. The lowest BCUT2D eigenvalue weighted by atomic mass is 9.72. The first kappa shape index (κ1) is 7.56. The van der Waals surface area contributed by atoms with E-state index < -0.39 is 0 Å². The van der Waals surface area contributed by atoms with Crippen molar-refractivity contribution in [2.75, 3.05) is 13.1 Å². The van der Waals surface area contributed by atoms with E-state index in [1.165, 1.54) is 25.7 Å². The summed E-state index contributed by atoms with van der Waals surface area (Å²) in [5, 5.41) is 13.4. The van der Waals surface area contributed by atoms with Crippen molar-refractivity contribution in [2.24, 2.45) is 5.92 Å². The second kappa shape index (κ2) is 2.76. The smallest absolute Gasteiger partial charge is 0.0800 e. The molecule has 2 nitrogen and oxygen atoms in total. The molecule has 1 aliphatic heterocycles. The molecule has 2 fully saturated rings. The Labute approximate surface area is 68.0 Å². The Kier molecular flexibility index (Phi) is 1.90. The van der Waals surface area contributed by atoms with Crippen LogP contribution in [0.5, 0.6) is 0 Å². The monoisotopic (exact) mass is 155 g/mol. The van der Waals surface area contributed by atoms with E-state index in [9.17, 15) is 5.11 Å². The van der Waals surface area contributed by atoms with Crippen molar-refractivity contribution >= 4 is 0 Å². The molecule has 1 saturated carbocycles. The second-order valence-electron chi connectivity index (χ2n) is 4.01. The van der Waals surface area contributed by atoms with Gasteiger partial charge in [0.2, 0.25) is 0 Å². The summed E-state index contributed by atoms with van der Waals surface area (Å²) < 4.78 is 0. The summed E-state index contributed by atoms with van der Waals surface area (Å²) in [6.45, 7) is 1.94. The molecule has 64 valence electrons. The molecule has 0 unspecified atom stereocenters. The highest BCUT2D eigenvalue weighted by molar-refractivity contribution is 4.94. The highest BCUT2D eigenvalue weighted by Crippen LogP contribution is 2.36. The number of hydrogen-bond donors (Lipinski definition) is 2. The predicted molar refractivity (Wildman–Crippen MR) is 44.4 cm³/mol. The molecule has 2 aliphatic rings. The topological polar surface area (TPSA) is 32.3 Å². The Morgan fingerprint density at radius 1 is 1.27 bits per heavy atom. The van der Waals surface area contributed by atoms with Gasteiger partial charge in [0.05, 0.1) is 5.60 Å². The van der Waals surface area contributed by atoms with Crippen LogP contribution in [0.15, 0.2) is 0 Å². The maximum atomic E-state index is 10.1. The Morgan fingerprint density at radius 3 is 3.00 bits per heavy atom. The third kappa shape index (κ3) is 1.30. The fourth-order valence-electron chi connectivity index (χ4n) is 2.52. The molecule has 11 heavy (non-hydrogen) atoms. The van der Waals surface area contributed by atoms with E-state index in [2.05, 4.69) is 5.32 Å². The zero-order valence-corrected chi connectivity index (χ0v) is 6.97. The van der Waals surface area contributed by atoms with Crippen molar-refractivity contribution in [1.82, 2.24) is 5.32 Å². The number of hydrogen-bond acceptors (Lipinski definition) is 2. The van der Waals surface area contributed by atoms with Crippen LogP contribution in [-0.4, -0.2) is 23.8 Å². The van der Waals surface area contributed by atoms with E-state index in [1.807, 2.05) is 0 Å². The van der Waals surface area contributed by atoms with Crippen LogP contribution in [0.2, 0.25) is 0 Å². The van der Waals surface area contributed by atoms with Crippen LogP contribution in [0.1, 0.15) is 32.1 Å². The first-order chi connectivity index (χ1) is 5.31. The Bertz CT molecular complexity index is 134. The minimum atomic E-state index is -0.337. The van der Waals surface area contributed by atoms with Gasteiger partial charge in [0.25, 0.3) is 0 Å². The first-order valence-electron chi connectivity index (χ1n) is 4.74. The molecule has 0 aromatic carbocycles. The van der Waals surface area contributed by atoms with Crippen LogP contribution in [0.3, 0.4) is 0 Å². The Hall–Kier alpha value is -0.0800. The van der Waals surface area contributed by atoms with Crippen LogP contribution in [-0.2, 0) is 0 Å². The summed E-state index contributed by atoms with van der Waals surface area (Å²) >= 11 is 0. The molecule has 0 spiro atoms. The number of nitrogens with one attached hydrogen (secondary N) is 1. The SMILES string of the molecule is O[C@]12CCCC[C@@H]1CCNC2.